The third kappa shape index (κ3) is 3.56. The van der Waals surface area contributed by atoms with Crippen LogP contribution in [0.5, 0.6) is 0 Å². The van der Waals surface area contributed by atoms with Crippen molar-refractivity contribution < 1.29 is 13.2 Å². The van der Waals surface area contributed by atoms with Crippen LogP contribution in [0.3, 0.4) is 0 Å². The van der Waals surface area contributed by atoms with Crippen LogP contribution in [0.15, 0.2) is 4.99 Å². The van der Waals surface area contributed by atoms with Crippen molar-refractivity contribution in [3.63, 3.8) is 0 Å². The molecule has 1 aliphatic carbocycles. The first-order chi connectivity index (χ1) is 9.32. The first-order valence-corrected chi connectivity index (χ1v) is 7.12. The lowest BCUT2D eigenvalue weighted by molar-refractivity contribution is -0.181. The number of rotatable bonds is 2. The second-order valence-corrected chi connectivity index (χ2v) is 5.75. The average molecular weight is 292 g/mol. The van der Waals surface area contributed by atoms with E-state index in [9.17, 15) is 13.2 Å². The van der Waals surface area contributed by atoms with E-state index in [4.69, 9.17) is 0 Å². The molecule has 116 valence electrons. The van der Waals surface area contributed by atoms with Crippen LogP contribution in [0.2, 0.25) is 0 Å². The van der Waals surface area contributed by atoms with E-state index in [0.717, 1.165) is 12.4 Å². The number of guanidine groups is 1. The molecule has 1 N–H and O–H groups in total. The zero-order valence-electron chi connectivity index (χ0n) is 12.2. The lowest BCUT2D eigenvalue weighted by atomic mass is 10.2. The monoisotopic (exact) mass is 292 g/mol. The summed E-state index contributed by atoms with van der Waals surface area (Å²) in [6, 6.07) is -0.899. The second-order valence-electron chi connectivity index (χ2n) is 5.75. The molecule has 0 amide bonds. The third-order valence-corrected chi connectivity index (χ3v) is 4.27. The van der Waals surface area contributed by atoms with Gasteiger partial charge in [0.2, 0.25) is 0 Å². The lowest BCUT2D eigenvalue weighted by Crippen LogP contribution is -2.57. The number of halogens is 3. The van der Waals surface area contributed by atoms with E-state index >= 15 is 0 Å². The van der Waals surface area contributed by atoms with Gasteiger partial charge in [0.05, 0.1) is 0 Å². The number of hydrogen-bond acceptors (Lipinski definition) is 2. The highest BCUT2D eigenvalue weighted by molar-refractivity contribution is 5.80. The largest absolute Gasteiger partial charge is 0.403 e. The minimum absolute atomic E-state index is 0.418. The van der Waals surface area contributed by atoms with Crippen molar-refractivity contribution in [2.24, 2.45) is 10.9 Å². The normalized spacial score (nSPS) is 30.3. The molecule has 20 heavy (non-hydrogen) atoms. The van der Waals surface area contributed by atoms with Crippen LogP contribution in [0.25, 0.3) is 0 Å². The van der Waals surface area contributed by atoms with Crippen molar-refractivity contribution in [1.82, 2.24) is 15.1 Å². The van der Waals surface area contributed by atoms with Gasteiger partial charge in [-0.25, -0.2) is 0 Å². The first-order valence-electron chi connectivity index (χ1n) is 7.12. The predicted octanol–water partition coefficient (Wildman–Crippen LogP) is 1.54. The molecular formula is C13H23F3N4. The van der Waals surface area contributed by atoms with E-state index in [0.29, 0.717) is 38.1 Å². The zero-order valence-corrected chi connectivity index (χ0v) is 12.2. The van der Waals surface area contributed by atoms with Gasteiger partial charge >= 0.3 is 6.18 Å². The molecule has 4 nitrogen and oxygen atoms in total. The SMILES string of the molecule is CN=C(NC1CC1C)N1CCN(C(C)C(F)(F)F)CC1. The predicted molar refractivity (Wildman–Crippen MR) is 72.7 cm³/mol. The smallest absolute Gasteiger partial charge is 0.353 e. The van der Waals surface area contributed by atoms with E-state index in [1.165, 1.54) is 11.8 Å². The molecule has 2 rings (SSSR count). The molecule has 1 aliphatic heterocycles. The van der Waals surface area contributed by atoms with Gasteiger partial charge < -0.3 is 10.2 Å². The standard InChI is InChI=1S/C13H23F3N4/c1-9-8-11(9)18-12(17-3)20-6-4-19(5-7-20)10(2)13(14,15)16/h9-11H,4-8H2,1-3H3,(H,17,18). The van der Waals surface area contributed by atoms with Gasteiger partial charge in [0, 0.05) is 39.3 Å². The van der Waals surface area contributed by atoms with Crippen LogP contribution in [0.1, 0.15) is 20.3 Å². The number of piperazine rings is 1. The number of alkyl halides is 3. The van der Waals surface area contributed by atoms with Gasteiger partial charge in [-0.2, -0.15) is 13.2 Å². The highest BCUT2D eigenvalue weighted by Crippen LogP contribution is 2.29. The van der Waals surface area contributed by atoms with Gasteiger partial charge in [-0.15, -0.1) is 0 Å². The molecule has 0 radical (unpaired) electrons. The molecule has 7 heteroatoms. The highest BCUT2D eigenvalue weighted by atomic mass is 19.4. The average Bonchev–Trinajstić information content (AvgIpc) is 3.10. The summed E-state index contributed by atoms with van der Waals surface area (Å²) in [5.74, 6) is 1.48. The van der Waals surface area contributed by atoms with Crippen molar-refractivity contribution in [3.8, 4) is 0 Å². The fraction of sp³-hybridized carbons (Fsp3) is 0.923. The Morgan fingerprint density at radius 2 is 1.80 bits per heavy atom. The van der Waals surface area contributed by atoms with Gasteiger partial charge in [0.15, 0.2) is 5.96 Å². The molecule has 1 saturated carbocycles. The first kappa shape index (κ1) is 15.4. The maximum Gasteiger partial charge on any atom is 0.403 e. The summed E-state index contributed by atoms with van der Waals surface area (Å²) in [5, 5.41) is 3.37. The molecule has 1 heterocycles. The molecule has 2 fully saturated rings. The summed E-state index contributed by atoms with van der Waals surface area (Å²) in [5.41, 5.74) is 0. The maximum absolute atomic E-state index is 12.7. The minimum atomic E-state index is -4.15. The Balaban J connectivity index is 1.84. The summed E-state index contributed by atoms with van der Waals surface area (Å²) in [7, 11) is 1.72. The Labute approximate surface area is 118 Å². The Morgan fingerprint density at radius 1 is 1.25 bits per heavy atom. The molecular weight excluding hydrogens is 269 g/mol. The Morgan fingerprint density at radius 3 is 2.20 bits per heavy atom. The quantitative estimate of drug-likeness (QED) is 0.619. The van der Waals surface area contributed by atoms with Gasteiger partial charge in [0.1, 0.15) is 6.04 Å². The van der Waals surface area contributed by atoms with Crippen LogP contribution >= 0.6 is 0 Å². The molecule has 0 bridgehead atoms. The van der Waals surface area contributed by atoms with E-state index in [1.54, 1.807) is 7.05 Å². The Kier molecular flexibility index (Phi) is 4.46. The summed E-state index contributed by atoms with van der Waals surface area (Å²) < 4.78 is 38.1. The van der Waals surface area contributed by atoms with Gasteiger partial charge in [-0.3, -0.25) is 9.89 Å². The van der Waals surface area contributed by atoms with Crippen LogP contribution in [-0.2, 0) is 0 Å². The van der Waals surface area contributed by atoms with E-state index in [2.05, 4.69) is 17.2 Å². The summed E-state index contributed by atoms with van der Waals surface area (Å²) in [6.07, 6.45) is -3.00. The highest BCUT2D eigenvalue weighted by Gasteiger charge is 2.41. The van der Waals surface area contributed by atoms with Crippen molar-refractivity contribution in [1.29, 1.82) is 0 Å². The van der Waals surface area contributed by atoms with Crippen LogP contribution in [-0.4, -0.2) is 67.2 Å². The van der Waals surface area contributed by atoms with Crippen LogP contribution in [0, 0.1) is 5.92 Å². The zero-order chi connectivity index (χ0) is 14.9. The lowest BCUT2D eigenvalue weighted by Gasteiger charge is -2.39. The van der Waals surface area contributed by atoms with Crippen LogP contribution in [0.4, 0.5) is 13.2 Å². The molecule has 1 saturated heterocycles. The molecule has 2 aliphatic rings. The summed E-state index contributed by atoms with van der Waals surface area (Å²) >= 11 is 0. The summed E-state index contributed by atoms with van der Waals surface area (Å²) in [4.78, 5) is 7.77. The van der Waals surface area contributed by atoms with Crippen molar-refractivity contribution in [2.75, 3.05) is 33.2 Å². The fourth-order valence-electron chi connectivity index (χ4n) is 2.51. The second kappa shape index (κ2) is 5.79. The number of aliphatic imine (C=N–C) groups is 1. The number of hydrogen-bond donors (Lipinski definition) is 1. The molecule has 0 aromatic rings. The topological polar surface area (TPSA) is 30.9 Å². The van der Waals surface area contributed by atoms with Gasteiger partial charge in [-0.1, -0.05) is 6.92 Å². The minimum Gasteiger partial charge on any atom is -0.353 e. The van der Waals surface area contributed by atoms with E-state index in [-0.39, 0.29) is 0 Å². The van der Waals surface area contributed by atoms with Crippen molar-refractivity contribution >= 4 is 5.96 Å². The van der Waals surface area contributed by atoms with Crippen LogP contribution < -0.4 is 5.32 Å². The number of nitrogens with one attached hydrogen (secondary N) is 1. The third-order valence-electron chi connectivity index (χ3n) is 4.27. The van der Waals surface area contributed by atoms with E-state index < -0.39 is 12.2 Å². The molecule has 3 atom stereocenters. The maximum atomic E-state index is 12.7. The molecule has 0 aromatic heterocycles. The van der Waals surface area contributed by atoms with Gasteiger partial charge in [-0.05, 0) is 19.3 Å². The van der Waals surface area contributed by atoms with Gasteiger partial charge in [0.25, 0.3) is 0 Å². The Bertz CT molecular complexity index is 361. The molecule has 0 aromatic carbocycles. The molecule has 0 spiro atoms. The van der Waals surface area contributed by atoms with Crippen molar-refractivity contribution in [3.05, 3.63) is 0 Å². The van der Waals surface area contributed by atoms with Crippen molar-refractivity contribution in [2.45, 2.75) is 38.5 Å². The fourth-order valence-corrected chi connectivity index (χ4v) is 2.51. The number of nitrogens with zero attached hydrogens (tertiary/aromatic N) is 3. The Hall–Kier alpha value is -0.980. The van der Waals surface area contributed by atoms with E-state index in [1.807, 2.05) is 4.90 Å². The molecule has 3 unspecified atom stereocenters. The summed E-state index contributed by atoms with van der Waals surface area (Å²) in [6.45, 7) is 5.41.